The number of carbonyl (C=O) groups excluding carboxylic acids is 1. The SMILES string of the molecule is CC(C)(C)OC(=O)NC(CSCc1ccc(-c2cccc(C34CC5CC(CC(C5)C3)C4)c2)cc1F)C(=O)O. The second kappa shape index (κ2) is 10.6. The molecule has 1 amide bonds. The number of amides is 1. The lowest BCUT2D eigenvalue weighted by atomic mass is 9.48. The van der Waals surface area contributed by atoms with Crippen LogP contribution < -0.4 is 5.32 Å². The van der Waals surface area contributed by atoms with Gasteiger partial charge in [-0.25, -0.2) is 14.0 Å². The summed E-state index contributed by atoms with van der Waals surface area (Å²) >= 11 is 1.26. The van der Waals surface area contributed by atoms with Gasteiger partial charge in [-0.3, -0.25) is 0 Å². The van der Waals surface area contributed by atoms with Gasteiger partial charge in [0, 0.05) is 11.5 Å². The van der Waals surface area contributed by atoms with Crippen LogP contribution in [-0.4, -0.2) is 34.6 Å². The molecule has 4 bridgehead atoms. The van der Waals surface area contributed by atoms with Crippen LogP contribution in [0.4, 0.5) is 9.18 Å². The van der Waals surface area contributed by atoms with Crippen molar-refractivity contribution in [1.82, 2.24) is 5.32 Å². The molecule has 4 aliphatic rings. The summed E-state index contributed by atoms with van der Waals surface area (Å²) in [5.41, 5.74) is 3.42. The number of benzene rings is 2. The molecule has 0 heterocycles. The Kier molecular flexibility index (Phi) is 7.51. The van der Waals surface area contributed by atoms with Gasteiger partial charge in [-0.1, -0.05) is 36.4 Å². The number of aliphatic carboxylic acids is 1. The summed E-state index contributed by atoms with van der Waals surface area (Å²) in [6.45, 7) is 5.13. The molecule has 1 atom stereocenters. The number of ether oxygens (including phenoxy) is 1. The molecule has 0 radical (unpaired) electrons. The molecule has 204 valence electrons. The van der Waals surface area contributed by atoms with Crippen molar-refractivity contribution in [3.05, 3.63) is 59.4 Å². The third-order valence-electron chi connectivity index (χ3n) is 8.43. The Bertz CT molecular complexity index is 1170. The van der Waals surface area contributed by atoms with Crippen molar-refractivity contribution in [2.75, 3.05) is 5.75 Å². The van der Waals surface area contributed by atoms with Crippen LogP contribution in [0.2, 0.25) is 0 Å². The number of carbonyl (C=O) groups is 2. The summed E-state index contributed by atoms with van der Waals surface area (Å²) in [4.78, 5) is 23.6. The molecule has 0 aliphatic heterocycles. The molecule has 2 N–H and O–H groups in total. The number of carboxylic acids is 1. The molecule has 0 spiro atoms. The van der Waals surface area contributed by atoms with Crippen LogP contribution in [0.25, 0.3) is 11.1 Å². The first-order valence-electron chi connectivity index (χ1n) is 13.7. The van der Waals surface area contributed by atoms with Gasteiger partial charge < -0.3 is 15.2 Å². The highest BCUT2D eigenvalue weighted by atomic mass is 32.2. The van der Waals surface area contributed by atoms with Crippen molar-refractivity contribution >= 4 is 23.8 Å². The predicted molar refractivity (Wildman–Crippen MR) is 149 cm³/mol. The quantitative estimate of drug-likeness (QED) is 0.372. The summed E-state index contributed by atoms with van der Waals surface area (Å²) in [5.74, 6) is 1.57. The molecule has 5 nitrogen and oxygen atoms in total. The smallest absolute Gasteiger partial charge is 0.408 e. The fourth-order valence-electron chi connectivity index (χ4n) is 7.25. The number of halogens is 1. The average Bonchev–Trinajstić information content (AvgIpc) is 2.82. The van der Waals surface area contributed by atoms with E-state index in [1.807, 2.05) is 6.07 Å². The topological polar surface area (TPSA) is 75.6 Å². The molecule has 6 rings (SSSR count). The van der Waals surface area contributed by atoms with Crippen LogP contribution in [0, 0.1) is 23.6 Å². The fourth-order valence-corrected chi connectivity index (χ4v) is 8.28. The Morgan fingerprint density at radius 1 is 1.05 bits per heavy atom. The van der Waals surface area contributed by atoms with E-state index in [2.05, 4.69) is 29.6 Å². The lowest BCUT2D eigenvalue weighted by molar-refractivity contribution is -0.138. The molecule has 38 heavy (non-hydrogen) atoms. The Labute approximate surface area is 228 Å². The van der Waals surface area contributed by atoms with Crippen LogP contribution >= 0.6 is 11.8 Å². The minimum Gasteiger partial charge on any atom is -0.480 e. The Balaban J connectivity index is 1.23. The zero-order chi connectivity index (χ0) is 27.1. The van der Waals surface area contributed by atoms with Gasteiger partial charge in [0.15, 0.2) is 0 Å². The molecular formula is C31H38FNO4S. The van der Waals surface area contributed by atoms with E-state index in [4.69, 9.17) is 4.74 Å². The molecule has 1 unspecified atom stereocenters. The fraction of sp³-hybridized carbons (Fsp3) is 0.548. The second-order valence-corrected chi connectivity index (χ2v) is 13.7. The lowest BCUT2D eigenvalue weighted by Crippen LogP contribution is -2.48. The van der Waals surface area contributed by atoms with E-state index in [1.165, 1.54) is 55.9 Å². The Morgan fingerprint density at radius 2 is 1.68 bits per heavy atom. The van der Waals surface area contributed by atoms with Gasteiger partial charge in [0.25, 0.3) is 0 Å². The van der Waals surface area contributed by atoms with Gasteiger partial charge in [0.05, 0.1) is 0 Å². The van der Waals surface area contributed by atoms with Gasteiger partial charge >= 0.3 is 12.1 Å². The molecule has 7 heteroatoms. The van der Waals surface area contributed by atoms with Crippen molar-refractivity contribution in [2.45, 2.75) is 82.1 Å². The van der Waals surface area contributed by atoms with E-state index in [9.17, 15) is 14.7 Å². The van der Waals surface area contributed by atoms with Crippen molar-refractivity contribution in [3.63, 3.8) is 0 Å². The van der Waals surface area contributed by atoms with E-state index in [0.717, 1.165) is 28.9 Å². The summed E-state index contributed by atoms with van der Waals surface area (Å²) < 4.78 is 20.3. The van der Waals surface area contributed by atoms with E-state index in [-0.39, 0.29) is 11.6 Å². The van der Waals surface area contributed by atoms with Gasteiger partial charge in [0.1, 0.15) is 17.5 Å². The summed E-state index contributed by atoms with van der Waals surface area (Å²) in [6.07, 6.45) is 7.35. The minimum absolute atomic E-state index is 0.100. The molecule has 4 aliphatic carbocycles. The maximum atomic E-state index is 15.1. The van der Waals surface area contributed by atoms with Crippen molar-refractivity contribution in [2.24, 2.45) is 17.8 Å². The minimum atomic E-state index is -1.15. The number of alkyl carbamates (subject to hydrolysis) is 1. The number of carboxylic acid groups (broad SMARTS) is 1. The second-order valence-electron chi connectivity index (χ2n) is 12.6. The monoisotopic (exact) mass is 539 g/mol. The highest BCUT2D eigenvalue weighted by Crippen LogP contribution is 2.60. The third-order valence-corrected chi connectivity index (χ3v) is 9.51. The standard InChI is InChI=1S/C31H38FNO4S/c1-30(2,3)37-29(36)33-27(28(34)35)18-38-17-24-8-7-23(13-26(24)32)22-5-4-6-25(12-22)31-14-19-9-20(15-31)11-21(10-19)16-31/h4-8,12-13,19-21,27H,9-11,14-18H2,1-3H3,(H,33,36)(H,34,35). The molecular weight excluding hydrogens is 501 g/mol. The van der Waals surface area contributed by atoms with Crippen molar-refractivity contribution in [3.8, 4) is 11.1 Å². The maximum absolute atomic E-state index is 15.1. The predicted octanol–water partition coefficient (Wildman–Crippen LogP) is 7.17. The van der Waals surface area contributed by atoms with E-state index in [0.29, 0.717) is 16.7 Å². The molecule has 4 fully saturated rings. The third kappa shape index (κ3) is 6.03. The summed E-state index contributed by atoms with van der Waals surface area (Å²) in [7, 11) is 0. The molecule has 0 aromatic heterocycles. The van der Waals surface area contributed by atoms with Crippen molar-refractivity contribution in [1.29, 1.82) is 0 Å². The van der Waals surface area contributed by atoms with Crippen LogP contribution in [-0.2, 0) is 20.7 Å². The molecule has 0 saturated heterocycles. The number of hydrogen-bond donors (Lipinski definition) is 2. The molecule has 2 aromatic rings. The largest absolute Gasteiger partial charge is 0.480 e. The zero-order valence-electron chi connectivity index (χ0n) is 22.5. The van der Waals surface area contributed by atoms with Crippen LogP contribution in [0.5, 0.6) is 0 Å². The Morgan fingerprint density at radius 3 is 2.26 bits per heavy atom. The van der Waals surface area contributed by atoms with Crippen molar-refractivity contribution < 1.29 is 23.8 Å². The first-order valence-corrected chi connectivity index (χ1v) is 14.8. The van der Waals surface area contributed by atoms with E-state index >= 15 is 4.39 Å². The van der Waals surface area contributed by atoms with Crippen LogP contribution in [0.3, 0.4) is 0 Å². The van der Waals surface area contributed by atoms with Gasteiger partial charge in [-0.15, -0.1) is 0 Å². The maximum Gasteiger partial charge on any atom is 0.408 e. The average molecular weight is 540 g/mol. The van der Waals surface area contributed by atoms with Crippen LogP contribution in [0.15, 0.2) is 42.5 Å². The molecule has 2 aromatic carbocycles. The first-order chi connectivity index (χ1) is 18.0. The zero-order valence-corrected chi connectivity index (χ0v) is 23.3. The van der Waals surface area contributed by atoms with Crippen LogP contribution in [0.1, 0.15) is 70.4 Å². The van der Waals surface area contributed by atoms with E-state index in [1.54, 1.807) is 32.9 Å². The summed E-state index contributed by atoms with van der Waals surface area (Å²) in [5, 5.41) is 11.8. The number of hydrogen-bond acceptors (Lipinski definition) is 4. The highest BCUT2D eigenvalue weighted by Gasteiger charge is 2.51. The highest BCUT2D eigenvalue weighted by molar-refractivity contribution is 7.98. The van der Waals surface area contributed by atoms with Gasteiger partial charge in [-0.05, 0) is 111 Å². The lowest BCUT2D eigenvalue weighted by Gasteiger charge is -2.57. The number of thioether (sulfide) groups is 1. The first kappa shape index (κ1) is 27.0. The van der Waals surface area contributed by atoms with Gasteiger partial charge in [0.2, 0.25) is 0 Å². The number of nitrogens with one attached hydrogen (secondary N) is 1. The summed E-state index contributed by atoms with van der Waals surface area (Å²) in [6, 6.07) is 12.9. The number of rotatable bonds is 8. The molecule has 4 saturated carbocycles. The Hall–Kier alpha value is -2.54. The van der Waals surface area contributed by atoms with Gasteiger partial charge in [-0.2, -0.15) is 11.8 Å². The normalized spacial score (nSPS) is 26.7. The van der Waals surface area contributed by atoms with E-state index < -0.39 is 23.7 Å².